The van der Waals surface area contributed by atoms with E-state index in [2.05, 4.69) is 15.6 Å². The van der Waals surface area contributed by atoms with Crippen LogP contribution in [0.25, 0.3) is 0 Å². The zero-order valence-electron chi connectivity index (χ0n) is 17.2. The van der Waals surface area contributed by atoms with E-state index in [9.17, 15) is 9.59 Å². The number of carbonyl (C=O) groups is 2. The molecular formula is C25H25N3O3. The van der Waals surface area contributed by atoms with Crippen LogP contribution in [0.3, 0.4) is 0 Å². The number of hydrogen-bond acceptors (Lipinski definition) is 4. The lowest BCUT2D eigenvalue weighted by Crippen LogP contribution is -2.48. The minimum atomic E-state index is -0.655. The first kappa shape index (κ1) is 20.6. The first-order valence-electron chi connectivity index (χ1n) is 10.5. The smallest absolute Gasteiger partial charge is 0.252 e. The van der Waals surface area contributed by atoms with Gasteiger partial charge in [0.05, 0.1) is 0 Å². The number of pyridine rings is 1. The van der Waals surface area contributed by atoms with Crippen LogP contribution >= 0.6 is 0 Å². The van der Waals surface area contributed by atoms with Gasteiger partial charge >= 0.3 is 0 Å². The molecule has 6 heteroatoms. The fourth-order valence-electron chi connectivity index (χ4n) is 3.19. The number of carbonyl (C=O) groups excluding carboxylic acids is 2. The lowest BCUT2D eigenvalue weighted by Gasteiger charge is -2.19. The van der Waals surface area contributed by atoms with Crippen LogP contribution in [0.2, 0.25) is 0 Å². The van der Waals surface area contributed by atoms with E-state index in [1.165, 1.54) is 6.20 Å². The van der Waals surface area contributed by atoms with Crippen LogP contribution < -0.4 is 15.4 Å². The Morgan fingerprint density at radius 3 is 2.32 bits per heavy atom. The Bertz CT molecular complexity index is 1020. The molecule has 1 aliphatic rings. The number of amides is 2. The molecule has 2 N–H and O–H groups in total. The van der Waals surface area contributed by atoms with Gasteiger partial charge in [-0.3, -0.25) is 9.59 Å². The zero-order valence-corrected chi connectivity index (χ0v) is 17.2. The number of aromatic nitrogens is 1. The van der Waals surface area contributed by atoms with Crippen molar-refractivity contribution in [3.63, 3.8) is 0 Å². The van der Waals surface area contributed by atoms with Gasteiger partial charge < -0.3 is 15.4 Å². The van der Waals surface area contributed by atoms with Crippen molar-refractivity contribution in [3.05, 3.63) is 95.7 Å². The molecule has 1 aliphatic carbocycles. The molecule has 158 valence electrons. The summed E-state index contributed by atoms with van der Waals surface area (Å²) in [6.45, 7) is 0.360. The minimum absolute atomic E-state index is 0.158. The molecule has 6 nitrogen and oxygen atoms in total. The van der Waals surface area contributed by atoms with Crippen LogP contribution in [-0.2, 0) is 17.8 Å². The van der Waals surface area contributed by atoms with Crippen LogP contribution in [0.5, 0.6) is 5.88 Å². The van der Waals surface area contributed by atoms with Crippen molar-refractivity contribution in [2.75, 3.05) is 0 Å². The molecule has 0 spiro atoms. The highest BCUT2D eigenvalue weighted by molar-refractivity contribution is 5.97. The van der Waals surface area contributed by atoms with Crippen molar-refractivity contribution >= 4 is 11.8 Å². The predicted octanol–water partition coefficient (Wildman–Crippen LogP) is 3.28. The summed E-state index contributed by atoms with van der Waals surface area (Å²) in [5, 5.41) is 5.87. The monoisotopic (exact) mass is 415 g/mol. The van der Waals surface area contributed by atoms with Gasteiger partial charge in [0.15, 0.2) is 0 Å². The highest BCUT2D eigenvalue weighted by Crippen LogP contribution is 2.19. The number of nitrogens with one attached hydrogen (secondary N) is 2. The topological polar surface area (TPSA) is 80.3 Å². The third-order valence-electron chi connectivity index (χ3n) is 5.05. The maximum absolute atomic E-state index is 12.9. The van der Waals surface area contributed by atoms with Gasteiger partial charge in [0.25, 0.3) is 5.91 Å². The van der Waals surface area contributed by atoms with E-state index in [-0.39, 0.29) is 17.9 Å². The minimum Gasteiger partial charge on any atom is -0.473 e. The standard InChI is InChI=1S/C25H25N3O3/c29-24(20-13-14-26-23(16-20)31-17-19-9-5-2-6-10-19)28-22(25(30)27-21-11-12-21)15-18-7-3-1-4-8-18/h1-10,13-14,16,21-22H,11-12,15,17H2,(H,27,30)(H,28,29). The highest BCUT2D eigenvalue weighted by Gasteiger charge is 2.28. The van der Waals surface area contributed by atoms with Gasteiger partial charge in [0, 0.05) is 30.3 Å². The Kier molecular flexibility index (Phi) is 6.57. The second kappa shape index (κ2) is 9.89. The average molecular weight is 415 g/mol. The van der Waals surface area contributed by atoms with E-state index >= 15 is 0 Å². The molecule has 3 aromatic rings. The number of rotatable bonds is 9. The van der Waals surface area contributed by atoms with Crippen LogP contribution in [-0.4, -0.2) is 28.9 Å². The van der Waals surface area contributed by atoms with Gasteiger partial charge in [-0.25, -0.2) is 4.98 Å². The molecule has 1 aromatic heterocycles. The molecule has 0 bridgehead atoms. The molecular weight excluding hydrogens is 390 g/mol. The van der Waals surface area contributed by atoms with Gasteiger partial charge in [0.1, 0.15) is 12.6 Å². The number of ether oxygens (including phenoxy) is 1. The fourth-order valence-corrected chi connectivity index (χ4v) is 3.19. The maximum atomic E-state index is 12.9. The molecule has 1 heterocycles. The van der Waals surface area contributed by atoms with E-state index in [0.29, 0.717) is 24.5 Å². The third kappa shape index (κ3) is 6.15. The summed E-state index contributed by atoms with van der Waals surface area (Å²) in [5.41, 5.74) is 2.40. The molecule has 0 saturated heterocycles. The van der Waals surface area contributed by atoms with E-state index in [1.54, 1.807) is 12.1 Å². The lowest BCUT2D eigenvalue weighted by atomic mass is 10.0. The van der Waals surface area contributed by atoms with E-state index in [0.717, 1.165) is 24.0 Å². The first-order chi connectivity index (χ1) is 15.2. The van der Waals surface area contributed by atoms with Crippen molar-refractivity contribution in [1.29, 1.82) is 0 Å². The van der Waals surface area contributed by atoms with Gasteiger partial charge in [-0.15, -0.1) is 0 Å². The molecule has 1 unspecified atom stereocenters. The van der Waals surface area contributed by atoms with E-state index < -0.39 is 6.04 Å². The predicted molar refractivity (Wildman–Crippen MR) is 118 cm³/mol. The second-order valence-electron chi connectivity index (χ2n) is 7.66. The second-order valence-corrected chi connectivity index (χ2v) is 7.66. The van der Waals surface area contributed by atoms with Gasteiger partial charge in [-0.1, -0.05) is 60.7 Å². The summed E-state index contributed by atoms with van der Waals surface area (Å²) >= 11 is 0. The molecule has 0 radical (unpaired) electrons. The summed E-state index contributed by atoms with van der Waals surface area (Å²) in [5.74, 6) is -0.133. The van der Waals surface area contributed by atoms with Gasteiger partial charge in [0.2, 0.25) is 11.8 Å². The lowest BCUT2D eigenvalue weighted by molar-refractivity contribution is -0.123. The zero-order chi connectivity index (χ0) is 21.5. The fraction of sp³-hybridized carbons (Fsp3) is 0.240. The van der Waals surface area contributed by atoms with Crippen molar-refractivity contribution in [2.45, 2.75) is 38.0 Å². The summed E-state index contributed by atoms with van der Waals surface area (Å²) in [4.78, 5) is 29.8. The normalized spacial score (nSPS) is 13.8. The summed E-state index contributed by atoms with van der Waals surface area (Å²) in [6.07, 6.45) is 3.94. The third-order valence-corrected chi connectivity index (χ3v) is 5.05. The molecule has 2 amide bonds. The van der Waals surface area contributed by atoms with Crippen LogP contribution in [0.1, 0.15) is 34.3 Å². The molecule has 4 rings (SSSR count). The molecule has 31 heavy (non-hydrogen) atoms. The Labute approximate surface area is 181 Å². The van der Waals surface area contributed by atoms with Crippen LogP contribution in [0.15, 0.2) is 79.0 Å². The van der Waals surface area contributed by atoms with Crippen molar-refractivity contribution in [2.24, 2.45) is 0 Å². The average Bonchev–Trinajstić information content (AvgIpc) is 3.63. The van der Waals surface area contributed by atoms with Crippen molar-refractivity contribution in [3.8, 4) is 5.88 Å². The highest BCUT2D eigenvalue weighted by atomic mass is 16.5. The van der Waals surface area contributed by atoms with Crippen molar-refractivity contribution < 1.29 is 14.3 Å². The number of nitrogens with zero attached hydrogens (tertiary/aromatic N) is 1. The first-order valence-corrected chi connectivity index (χ1v) is 10.5. The molecule has 1 fully saturated rings. The van der Waals surface area contributed by atoms with E-state index in [4.69, 9.17) is 4.74 Å². The van der Waals surface area contributed by atoms with Crippen molar-refractivity contribution in [1.82, 2.24) is 15.6 Å². The SMILES string of the molecule is O=C(NC(Cc1ccccc1)C(=O)NC1CC1)c1ccnc(OCc2ccccc2)c1. The summed E-state index contributed by atoms with van der Waals surface area (Å²) in [6, 6.07) is 22.2. The van der Waals surface area contributed by atoms with Gasteiger partial charge in [-0.2, -0.15) is 0 Å². The van der Waals surface area contributed by atoms with Crippen LogP contribution in [0, 0.1) is 0 Å². The maximum Gasteiger partial charge on any atom is 0.252 e. The molecule has 0 aliphatic heterocycles. The Balaban J connectivity index is 1.42. The van der Waals surface area contributed by atoms with E-state index in [1.807, 2.05) is 60.7 Å². The largest absolute Gasteiger partial charge is 0.473 e. The number of benzene rings is 2. The summed E-state index contributed by atoms with van der Waals surface area (Å²) < 4.78 is 5.72. The Hall–Kier alpha value is -3.67. The Morgan fingerprint density at radius 1 is 0.968 bits per heavy atom. The van der Waals surface area contributed by atoms with Crippen LogP contribution in [0.4, 0.5) is 0 Å². The van der Waals surface area contributed by atoms with Gasteiger partial charge in [-0.05, 0) is 30.0 Å². The molecule has 1 saturated carbocycles. The Morgan fingerprint density at radius 2 is 1.65 bits per heavy atom. The molecule has 2 aromatic carbocycles. The summed E-state index contributed by atoms with van der Waals surface area (Å²) in [7, 11) is 0. The molecule has 1 atom stereocenters. The quantitative estimate of drug-likeness (QED) is 0.562. The number of hydrogen-bond donors (Lipinski definition) is 2.